The number of hydrogen-bond donors (Lipinski definition) is 1. The second kappa shape index (κ2) is 8.56. The van der Waals surface area contributed by atoms with Gasteiger partial charge in [-0.05, 0) is 37.5 Å². The topological polar surface area (TPSA) is 50.8 Å². The molecule has 2 fully saturated rings. The van der Waals surface area contributed by atoms with E-state index in [9.17, 15) is 4.79 Å². The van der Waals surface area contributed by atoms with Crippen LogP contribution in [0.15, 0.2) is 18.2 Å². The van der Waals surface area contributed by atoms with Crippen LogP contribution in [0.25, 0.3) is 0 Å². The maximum absolute atomic E-state index is 12.7. The molecule has 2 aliphatic rings. The van der Waals surface area contributed by atoms with E-state index in [0.29, 0.717) is 23.1 Å². The van der Waals surface area contributed by atoms with Crippen molar-refractivity contribution in [2.75, 3.05) is 27.3 Å². The number of nitrogens with one attached hydrogen (secondary N) is 1. The lowest BCUT2D eigenvalue weighted by atomic mass is 10.1. The van der Waals surface area contributed by atoms with Crippen molar-refractivity contribution in [3.8, 4) is 11.5 Å². The van der Waals surface area contributed by atoms with Crippen LogP contribution >= 0.6 is 0 Å². The summed E-state index contributed by atoms with van der Waals surface area (Å²) in [7, 11) is 3.19. The van der Waals surface area contributed by atoms with Crippen molar-refractivity contribution in [3.63, 3.8) is 0 Å². The number of carbonyl (C=O) groups is 1. The fourth-order valence-corrected chi connectivity index (χ4v) is 4.11. The third kappa shape index (κ3) is 4.46. The van der Waals surface area contributed by atoms with Gasteiger partial charge in [0, 0.05) is 25.2 Å². The summed E-state index contributed by atoms with van der Waals surface area (Å²) in [5.74, 6) is 1.16. The van der Waals surface area contributed by atoms with Crippen LogP contribution in [0.1, 0.15) is 55.3 Å². The Morgan fingerprint density at radius 3 is 2.52 bits per heavy atom. The van der Waals surface area contributed by atoms with Gasteiger partial charge in [-0.1, -0.05) is 25.7 Å². The molecule has 0 spiro atoms. The number of benzene rings is 1. The third-order valence-electron chi connectivity index (χ3n) is 5.55. The van der Waals surface area contributed by atoms with Crippen LogP contribution in [-0.4, -0.2) is 50.2 Å². The van der Waals surface area contributed by atoms with Crippen molar-refractivity contribution in [3.05, 3.63) is 23.8 Å². The van der Waals surface area contributed by atoms with Crippen LogP contribution in [0.3, 0.4) is 0 Å². The average Bonchev–Trinajstić information content (AvgIpc) is 2.93. The molecule has 0 bridgehead atoms. The first kappa shape index (κ1) is 18.1. The van der Waals surface area contributed by atoms with Crippen molar-refractivity contribution in [2.45, 2.75) is 57.0 Å². The van der Waals surface area contributed by atoms with Crippen LogP contribution in [0.5, 0.6) is 11.5 Å². The molecule has 1 aliphatic carbocycles. The lowest BCUT2D eigenvalue weighted by Gasteiger charge is -2.26. The van der Waals surface area contributed by atoms with E-state index in [1.807, 2.05) is 0 Å². The summed E-state index contributed by atoms with van der Waals surface area (Å²) in [4.78, 5) is 15.3. The van der Waals surface area contributed by atoms with Gasteiger partial charge in [0.25, 0.3) is 5.91 Å². The monoisotopic (exact) mass is 346 g/mol. The van der Waals surface area contributed by atoms with Crippen molar-refractivity contribution in [1.82, 2.24) is 10.2 Å². The van der Waals surface area contributed by atoms with Crippen LogP contribution in [0.2, 0.25) is 0 Å². The normalized spacial score (nSPS) is 22.4. The Hall–Kier alpha value is -1.75. The molecule has 0 aromatic heterocycles. The van der Waals surface area contributed by atoms with E-state index in [2.05, 4.69) is 10.2 Å². The van der Waals surface area contributed by atoms with Crippen molar-refractivity contribution in [1.29, 1.82) is 0 Å². The minimum Gasteiger partial charge on any atom is -0.497 e. The highest BCUT2D eigenvalue weighted by Gasteiger charge is 2.30. The minimum atomic E-state index is -0.0801. The molecule has 5 nitrogen and oxygen atoms in total. The molecule has 1 atom stereocenters. The van der Waals surface area contributed by atoms with Crippen LogP contribution in [0.4, 0.5) is 0 Å². The number of carbonyl (C=O) groups excluding carboxylic acids is 1. The Balaban J connectivity index is 1.60. The predicted molar refractivity (Wildman–Crippen MR) is 98.5 cm³/mol. The van der Waals surface area contributed by atoms with E-state index in [0.717, 1.165) is 19.5 Å². The Bertz CT molecular complexity index is 582. The Morgan fingerprint density at radius 1 is 1.08 bits per heavy atom. The number of likely N-dealkylation sites (tertiary alicyclic amines) is 1. The van der Waals surface area contributed by atoms with Crippen molar-refractivity contribution in [2.24, 2.45) is 0 Å². The Kier molecular flexibility index (Phi) is 6.19. The summed E-state index contributed by atoms with van der Waals surface area (Å²) in [6, 6.07) is 6.24. The molecule has 3 rings (SSSR count). The van der Waals surface area contributed by atoms with Gasteiger partial charge in [0.05, 0.1) is 19.8 Å². The summed E-state index contributed by atoms with van der Waals surface area (Å²) in [5, 5.41) is 3.19. The van der Waals surface area contributed by atoms with Gasteiger partial charge >= 0.3 is 0 Å². The van der Waals surface area contributed by atoms with Crippen molar-refractivity contribution < 1.29 is 14.3 Å². The van der Waals surface area contributed by atoms with E-state index in [-0.39, 0.29) is 11.9 Å². The molecule has 25 heavy (non-hydrogen) atoms. The van der Waals surface area contributed by atoms with Crippen LogP contribution in [-0.2, 0) is 0 Å². The molecule has 138 valence electrons. The molecule has 1 amide bonds. The predicted octanol–water partition coefficient (Wildman–Crippen LogP) is 3.23. The summed E-state index contributed by atoms with van der Waals surface area (Å²) >= 11 is 0. The average molecular weight is 346 g/mol. The number of hydrogen-bond acceptors (Lipinski definition) is 4. The van der Waals surface area contributed by atoms with Gasteiger partial charge in [0.15, 0.2) is 0 Å². The van der Waals surface area contributed by atoms with Gasteiger partial charge in [-0.25, -0.2) is 0 Å². The molecule has 1 saturated heterocycles. The van der Waals surface area contributed by atoms with Crippen LogP contribution in [0, 0.1) is 0 Å². The summed E-state index contributed by atoms with van der Waals surface area (Å²) in [6.07, 6.45) is 9.09. The molecule has 1 aromatic rings. The summed E-state index contributed by atoms with van der Waals surface area (Å²) < 4.78 is 10.6. The van der Waals surface area contributed by atoms with E-state index in [1.54, 1.807) is 32.4 Å². The van der Waals surface area contributed by atoms with E-state index in [1.165, 1.54) is 38.5 Å². The molecule has 1 saturated carbocycles. The first-order valence-electron chi connectivity index (χ1n) is 9.48. The lowest BCUT2D eigenvalue weighted by molar-refractivity contribution is 0.0932. The zero-order chi connectivity index (χ0) is 17.6. The van der Waals surface area contributed by atoms with Gasteiger partial charge in [0.2, 0.25) is 0 Å². The molecular formula is C20H30N2O3. The quantitative estimate of drug-likeness (QED) is 0.832. The second-order valence-corrected chi connectivity index (χ2v) is 7.17. The number of ether oxygens (including phenoxy) is 2. The highest BCUT2D eigenvalue weighted by molar-refractivity contribution is 5.97. The molecule has 1 unspecified atom stereocenters. The third-order valence-corrected chi connectivity index (χ3v) is 5.55. The second-order valence-electron chi connectivity index (χ2n) is 7.17. The first-order valence-corrected chi connectivity index (χ1v) is 9.48. The molecule has 0 radical (unpaired) electrons. The highest BCUT2D eigenvalue weighted by atomic mass is 16.5. The standard InChI is InChI=1S/C20H30N2O3/c1-24-17-9-10-19(25-2)18(13-17)20(23)21-15-11-12-22(14-15)16-7-5-3-4-6-8-16/h9-10,13,15-16H,3-8,11-12,14H2,1-2H3,(H,21,23). The molecule has 1 N–H and O–H groups in total. The largest absolute Gasteiger partial charge is 0.497 e. The van der Waals surface area contributed by atoms with E-state index in [4.69, 9.17) is 9.47 Å². The molecule has 5 heteroatoms. The lowest BCUT2D eigenvalue weighted by Crippen LogP contribution is -2.39. The van der Waals surface area contributed by atoms with E-state index >= 15 is 0 Å². The molecule has 1 aromatic carbocycles. The van der Waals surface area contributed by atoms with Crippen molar-refractivity contribution >= 4 is 5.91 Å². The number of methoxy groups -OCH3 is 2. The maximum Gasteiger partial charge on any atom is 0.255 e. The van der Waals surface area contributed by atoms with Gasteiger partial charge in [-0.15, -0.1) is 0 Å². The maximum atomic E-state index is 12.7. The zero-order valence-corrected chi connectivity index (χ0v) is 15.4. The Morgan fingerprint density at radius 2 is 1.84 bits per heavy atom. The minimum absolute atomic E-state index is 0.0801. The zero-order valence-electron chi connectivity index (χ0n) is 15.4. The van der Waals surface area contributed by atoms with Gasteiger partial charge in [0.1, 0.15) is 11.5 Å². The smallest absolute Gasteiger partial charge is 0.255 e. The number of rotatable bonds is 5. The SMILES string of the molecule is COc1ccc(OC)c(C(=O)NC2CCN(C3CCCCCC3)C2)c1. The van der Waals surface area contributed by atoms with Gasteiger partial charge in [-0.2, -0.15) is 0 Å². The molecule has 1 heterocycles. The fraction of sp³-hybridized carbons (Fsp3) is 0.650. The summed E-state index contributed by atoms with van der Waals surface area (Å²) in [6.45, 7) is 2.05. The first-order chi connectivity index (χ1) is 12.2. The van der Waals surface area contributed by atoms with Crippen LogP contribution < -0.4 is 14.8 Å². The highest BCUT2D eigenvalue weighted by Crippen LogP contribution is 2.27. The molecular weight excluding hydrogens is 316 g/mol. The number of nitrogens with zero attached hydrogens (tertiary/aromatic N) is 1. The summed E-state index contributed by atoms with van der Waals surface area (Å²) in [5.41, 5.74) is 0.537. The van der Waals surface area contributed by atoms with Gasteiger partial charge < -0.3 is 14.8 Å². The van der Waals surface area contributed by atoms with E-state index < -0.39 is 0 Å². The fourth-order valence-electron chi connectivity index (χ4n) is 4.11. The molecule has 1 aliphatic heterocycles. The number of amides is 1. The van der Waals surface area contributed by atoms with Gasteiger partial charge in [-0.3, -0.25) is 9.69 Å². The Labute approximate surface area is 150 Å².